The first-order valence-corrected chi connectivity index (χ1v) is 9.17. The van der Waals surface area contributed by atoms with Gasteiger partial charge in [-0.3, -0.25) is 0 Å². The van der Waals surface area contributed by atoms with Crippen molar-refractivity contribution in [2.45, 2.75) is 63.7 Å². The summed E-state index contributed by atoms with van der Waals surface area (Å²) in [6.07, 6.45) is 9.59. The van der Waals surface area contributed by atoms with E-state index in [9.17, 15) is 0 Å². The van der Waals surface area contributed by atoms with Crippen LogP contribution >= 0.6 is 24.4 Å². The molecule has 0 aliphatic carbocycles. The predicted octanol–water partition coefficient (Wildman–Crippen LogP) is 6.06. The van der Waals surface area contributed by atoms with E-state index in [1.165, 1.54) is 66.7 Å². The van der Waals surface area contributed by atoms with E-state index in [2.05, 4.69) is 44.7 Å². The Kier molecular flexibility index (Phi) is 9.54. The maximum absolute atomic E-state index is 4.24. The summed E-state index contributed by atoms with van der Waals surface area (Å²) in [5, 5.41) is 0. The molecule has 1 rings (SSSR count). The van der Waals surface area contributed by atoms with Crippen molar-refractivity contribution in [1.82, 2.24) is 0 Å². The largest absolute Gasteiger partial charge is 0.179 e. The minimum absolute atomic E-state index is 1.05. The summed E-state index contributed by atoms with van der Waals surface area (Å²) in [5.74, 6) is 2.31. The van der Waals surface area contributed by atoms with E-state index in [0.717, 1.165) is 5.75 Å². The van der Waals surface area contributed by atoms with Crippen LogP contribution in [0.2, 0.25) is 0 Å². The molecule has 2 heteroatoms. The molecule has 0 fully saturated rings. The van der Waals surface area contributed by atoms with Crippen molar-refractivity contribution >= 4 is 24.4 Å². The SMILES string of the molecule is Cc1ccc(SCCCCCCCCCS)cc1C. The lowest BCUT2D eigenvalue weighted by molar-refractivity contribution is 0.605. The lowest BCUT2D eigenvalue weighted by Gasteiger charge is -2.05. The van der Waals surface area contributed by atoms with Crippen LogP contribution in [0.3, 0.4) is 0 Å². The number of unbranched alkanes of at least 4 members (excludes halogenated alkanes) is 6. The van der Waals surface area contributed by atoms with Crippen LogP contribution in [0.15, 0.2) is 23.1 Å². The molecular formula is C17H28S2. The fourth-order valence-corrected chi connectivity index (χ4v) is 3.32. The smallest absolute Gasteiger partial charge is 0.00747 e. The highest BCUT2D eigenvalue weighted by Crippen LogP contribution is 2.22. The van der Waals surface area contributed by atoms with E-state index in [0.29, 0.717) is 0 Å². The number of hydrogen-bond donors (Lipinski definition) is 1. The van der Waals surface area contributed by atoms with Crippen LogP contribution in [-0.4, -0.2) is 11.5 Å². The third-order valence-electron chi connectivity index (χ3n) is 3.55. The highest BCUT2D eigenvalue weighted by atomic mass is 32.2. The van der Waals surface area contributed by atoms with Gasteiger partial charge < -0.3 is 0 Å². The second-order valence-corrected chi connectivity index (χ2v) is 6.91. The molecule has 0 aliphatic rings. The van der Waals surface area contributed by atoms with Crippen molar-refractivity contribution in [3.8, 4) is 0 Å². The predicted molar refractivity (Wildman–Crippen MR) is 92.8 cm³/mol. The monoisotopic (exact) mass is 296 g/mol. The van der Waals surface area contributed by atoms with Crippen LogP contribution in [0.1, 0.15) is 56.1 Å². The Hall–Kier alpha value is -0.0800. The number of rotatable bonds is 10. The number of thioether (sulfide) groups is 1. The molecule has 1 aromatic carbocycles. The number of aryl methyl sites for hydroxylation is 2. The molecule has 0 nitrogen and oxygen atoms in total. The second-order valence-electron chi connectivity index (χ2n) is 5.29. The van der Waals surface area contributed by atoms with Crippen LogP contribution in [0.4, 0.5) is 0 Å². The van der Waals surface area contributed by atoms with Crippen LogP contribution < -0.4 is 0 Å². The summed E-state index contributed by atoms with van der Waals surface area (Å²) in [4.78, 5) is 1.43. The average molecular weight is 297 g/mol. The Bertz CT molecular complexity index is 347. The Morgan fingerprint density at radius 1 is 0.842 bits per heavy atom. The molecule has 0 heterocycles. The van der Waals surface area contributed by atoms with Gasteiger partial charge in [0.05, 0.1) is 0 Å². The molecule has 0 bridgehead atoms. The lowest BCUT2D eigenvalue weighted by Crippen LogP contribution is -1.85. The second kappa shape index (κ2) is 10.7. The minimum Gasteiger partial charge on any atom is -0.179 e. The zero-order valence-electron chi connectivity index (χ0n) is 12.5. The van der Waals surface area contributed by atoms with Crippen LogP contribution in [-0.2, 0) is 0 Å². The maximum Gasteiger partial charge on any atom is 0.00747 e. The van der Waals surface area contributed by atoms with Gasteiger partial charge in [-0.2, -0.15) is 12.6 Å². The first kappa shape index (κ1) is 17.0. The molecule has 0 aliphatic heterocycles. The Balaban J connectivity index is 2.00. The van der Waals surface area contributed by atoms with E-state index in [4.69, 9.17) is 0 Å². The fourth-order valence-electron chi connectivity index (χ4n) is 2.09. The molecule has 0 spiro atoms. The zero-order valence-corrected chi connectivity index (χ0v) is 14.2. The standard InChI is InChI=1S/C17H28S2/c1-15-10-11-17(14-16(15)2)19-13-9-7-5-3-4-6-8-12-18/h10-11,14,18H,3-9,12-13H2,1-2H3. The van der Waals surface area contributed by atoms with E-state index < -0.39 is 0 Å². The number of hydrogen-bond acceptors (Lipinski definition) is 2. The molecule has 0 saturated heterocycles. The van der Waals surface area contributed by atoms with E-state index in [-0.39, 0.29) is 0 Å². The van der Waals surface area contributed by atoms with Crippen molar-refractivity contribution in [2.24, 2.45) is 0 Å². The number of benzene rings is 1. The van der Waals surface area contributed by atoms with Gasteiger partial charge in [0, 0.05) is 4.90 Å². The molecule has 19 heavy (non-hydrogen) atoms. The van der Waals surface area contributed by atoms with Gasteiger partial charge in [0.15, 0.2) is 0 Å². The van der Waals surface area contributed by atoms with Crippen LogP contribution in [0, 0.1) is 13.8 Å². The van der Waals surface area contributed by atoms with E-state index in [1.807, 2.05) is 11.8 Å². The van der Waals surface area contributed by atoms with Gasteiger partial charge in [0.1, 0.15) is 0 Å². The van der Waals surface area contributed by atoms with Crippen molar-refractivity contribution in [3.05, 3.63) is 29.3 Å². The summed E-state index contributed by atoms with van der Waals surface area (Å²) in [5.41, 5.74) is 2.81. The van der Waals surface area contributed by atoms with Crippen molar-refractivity contribution in [3.63, 3.8) is 0 Å². The zero-order chi connectivity index (χ0) is 13.9. The molecule has 0 radical (unpaired) electrons. The van der Waals surface area contributed by atoms with Gasteiger partial charge in [-0.15, -0.1) is 11.8 Å². The summed E-state index contributed by atoms with van der Waals surface area (Å²) in [6, 6.07) is 6.81. The Morgan fingerprint density at radius 2 is 1.47 bits per heavy atom. The van der Waals surface area contributed by atoms with Gasteiger partial charge in [-0.1, -0.05) is 38.2 Å². The lowest BCUT2D eigenvalue weighted by atomic mass is 10.1. The fraction of sp³-hybridized carbons (Fsp3) is 0.647. The highest BCUT2D eigenvalue weighted by molar-refractivity contribution is 7.99. The molecule has 0 N–H and O–H groups in total. The van der Waals surface area contributed by atoms with Crippen molar-refractivity contribution in [2.75, 3.05) is 11.5 Å². The first-order valence-electron chi connectivity index (χ1n) is 7.55. The molecular weight excluding hydrogens is 268 g/mol. The molecule has 0 atom stereocenters. The normalized spacial score (nSPS) is 10.9. The average Bonchev–Trinajstić information content (AvgIpc) is 2.41. The Labute approximate surface area is 129 Å². The summed E-state index contributed by atoms with van der Waals surface area (Å²) in [6.45, 7) is 4.38. The van der Waals surface area contributed by atoms with Crippen LogP contribution in [0.5, 0.6) is 0 Å². The third kappa shape index (κ3) is 7.94. The summed E-state index contributed by atoms with van der Waals surface area (Å²) >= 11 is 6.24. The van der Waals surface area contributed by atoms with Gasteiger partial charge in [-0.05, 0) is 61.5 Å². The number of thiol groups is 1. The van der Waals surface area contributed by atoms with Crippen LogP contribution in [0.25, 0.3) is 0 Å². The molecule has 0 saturated carbocycles. The molecule has 0 unspecified atom stereocenters. The first-order chi connectivity index (χ1) is 9.24. The topological polar surface area (TPSA) is 0 Å². The molecule has 1 aromatic rings. The quantitative estimate of drug-likeness (QED) is 0.311. The third-order valence-corrected chi connectivity index (χ3v) is 4.95. The molecule has 0 aromatic heterocycles. The van der Waals surface area contributed by atoms with Gasteiger partial charge >= 0.3 is 0 Å². The molecule has 0 amide bonds. The van der Waals surface area contributed by atoms with Gasteiger partial charge in [0.2, 0.25) is 0 Å². The Morgan fingerprint density at radius 3 is 2.11 bits per heavy atom. The molecule has 108 valence electrons. The minimum atomic E-state index is 1.05. The van der Waals surface area contributed by atoms with Crippen molar-refractivity contribution in [1.29, 1.82) is 0 Å². The summed E-state index contributed by atoms with van der Waals surface area (Å²) in [7, 11) is 0. The maximum atomic E-state index is 4.24. The van der Waals surface area contributed by atoms with Gasteiger partial charge in [0.25, 0.3) is 0 Å². The van der Waals surface area contributed by atoms with E-state index >= 15 is 0 Å². The van der Waals surface area contributed by atoms with Crippen molar-refractivity contribution < 1.29 is 0 Å². The van der Waals surface area contributed by atoms with Gasteiger partial charge in [-0.25, -0.2) is 0 Å². The van der Waals surface area contributed by atoms with E-state index in [1.54, 1.807) is 0 Å². The highest BCUT2D eigenvalue weighted by Gasteiger charge is 1.97. The summed E-state index contributed by atoms with van der Waals surface area (Å²) < 4.78 is 0.